The zero-order chi connectivity index (χ0) is 32.1. The van der Waals surface area contributed by atoms with E-state index in [1.165, 1.54) is 12.3 Å². The van der Waals surface area contributed by atoms with Crippen molar-refractivity contribution in [3.05, 3.63) is 83.3 Å². The standard InChI is InChI=1S/C34H42N6O4S/c1-33(2,3)22-18-23(20-25(19-22)45(6,42)43)35-32(41)36-28-13-14-29(27-11-8-7-10-26(27)28)44-24-12-15-30-37-38-31(40(30)21-24)34(4)16-9-17-39(34)5/h7-8,10-12,15,18-21,28-29H,9,13-14,16-17H2,1-6H3,(H2,35,36,41)/t28-,29+,34?/m0/s1. The van der Waals surface area contributed by atoms with E-state index in [0.717, 1.165) is 53.3 Å². The lowest BCUT2D eigenvalue weighted by atomic mass is 9.85. The van der Waals surface area contributed by atoms with Gasteiger partial charge in [0, 0.05) is 11.9 Å². The van der Waals surface area contributed by atoms with Crippen molar-refractivity contribution >= 4 is 27.2 Å². The Morgan fingerprint density at radius 1 is 1.04 bits per heavy atom. The van der Waals surface area contributed by atoms with Crippen molar-refractivity contribution in [2.45, 2.75) is 81.4 Å². The number of carbonyl (C=O) groups is 1. The summed E-state index contributed by atoms with van der Waals surface area (Å²) in [6.07, 6.45) is 6.49. The number of fused-ring (bicyclic) bond motifs is 2. The maximum Gasteiger partial charge on any atom is 0.319 e. The molecule has 2 aliphatic rings. The van der Waals surface area contributed by atoms with Crippen LogP contribution in [0.4, 0.5) is 10.5 Å². The van der Waals surface area contributed by atoms with Gasteiger partial charge in [-0.05, 0) is 98.6 Å². The zero-order valence-electron chi connectivity index (χ0n) is 26.8. The number of pyridine rings is 1. The molecule has 2 N–H and O–H groups in total. The van der Waals surface area contributed by atoms with Crippen molar-refractivity contribution in [1.82, 2.24) is 24.8 Å². The SMILES string of the molecule is CN1CCCC1(C)c1nnc2ccc(O[C@@H]3CC[C@H](NC(=O)Nc4cc(C(C)(C)C)cc(S(C)(=O)=O)c4)c4ccccc43)cn12. The van der Waals surface area contributed by atoms with Gasteiger partial charge in [-0.1, -0.05) is 45.0 Å². The summed E-state index contributed by atoms with van der Waals surface area (Å²) in [5.41, 5.74) is 3.59. The van der Waals surface area contributed by atoms with Gasteiger partial charge in [0.1, 0.15) is 11.9 Å². The summed E-state index contributed by atoms with van der Waals surface area (Å²) in [6.45, 7) is 9.27. The Bertz CT molecular complexity index is 1860. The highest BCUT2D eigenvalue weighted by Gasteiger charge is 2.40. The third-order valence-electron chi connectivity index (χ3n) is 9.33. The zero-order valence-corrected chi connectivity index (χ0v) is 27.6. The molecule has 3 atom stereocenters. The number of ether oxygens (including phenoxy) is 1. The van der Waals surface area contributed by atoms with Crippen molar-refractivity contribution in [2.75, 3.05) is 25.2 Å². The number of likely N-dealkylation sites (tertiary alicyclic amines) is 1. The topological polar surface area (TPSA) is 118 Å². The number of anilines is 1. The number of carbonyl (C=O) groups excluding carboxylic acids is 1. The Morgan fingerprint density at radius 3 is 2.49 bits per heavy atom. The summed E-state index contributed by atoms with van der Waals surface area (Å²) in [4.78, 5) is 15.8. The van der Waals surface area contributed by atoms with E-state index in [1.807, 2.05) is 73.8 Å². The third-order valence-corrected chi connectivity index (χ3v) is 10.4. The second-order valence-electron chi connectivity index (χ2n) is 13.6. The van der Waals surface area contributed by atoms with E-state index < -0.39 is 15.9 Å². The van der Waals surface area contributed by atoms with Gasteiger partial charge in [-0.3, -0.25) is 9.30 Å². The first-order chi connectivity index (χ1) is 21.2. The van der Waals surface area contributed by atoms with Crippen LogP contribution in [0.2, 0.25) is 0 Å². The number of amides is 2. The maximum absolute atomic E-state index is 13.3. The molecule has 1 aliphatic carbocycles. The van der Waals surface area contributed by atoms with Crippen molar-refractivity contribution in [3.63, 3.8) is 0 Å². The molecule has 3 heterocycles. The number of hydrogen-bond acceptors (Lipinski definition) is 7. The first-order valence-corrected chi connectivity index (χ1v) is 17.4. The van der Waals surface area contributed by atoms with Gasteiger partial charge < -0.3 is 15.4 Å². The molecular weight excluding hydrogens is 588 g/mol. The molecule has 11 heteroatoms. The number of urea groups is 1. The molecule has 1 unspecified atom stereocenters. The fraction of sp³-hybridized carbons (Fsp3) is 0.441. The van der Waals surface area contributed by atoms with E-state index in [1.54, 1.807) is 6.07 Å². The van der Waals surface area contributed by atoms with Crippen LogP contribution in [0.1, 0.15) is 88.0 Å². The molecule has 1 aliphatic heterocycles. The van der Waals surface area contributed by atoms with Gasteiger partial charge in [0.15, 0.2) is 21.3 Å². The van der Waals surface area contributed by atoms with Gasteiger partial charge >= 0.3 is 6.03 Å². The fourth-order valence-electron chi connectivity index (χ4n) is 6.52. The minimum absolute atomic E-state index is 0.175. The van der Waals surface area contributed by atoms with Crippen LogP contribution in [0.3, 0.4) is 0 Å². The normalized spacial score (nSPS) is 22.3. The highest BCUT2D eigenvalue weighted by molar-refractivity contribution is 7.90. The van der Waals surface area contributed by atoms with E-state index in [-0.39, 0.29) is 28.0 Å². The van der Waals surface area contributed by atoms with E-state index in [4.69, 9.17) is 4.74 Å². The molecule has 4 aromatic rings. The third kappa shape index (κ3) is 6.15. The van der Waals surface area contributed by atoms with Gasteiger partial charge in [-0.15, -0.1) is 10.2 Å². The molecule has 2 aromatic carbocycles. The van der Waals surface area contributed by atoms with E-state index >= 15 is 0 Å². The highest BCUT2D eigenvalue weighted by atomic mass is 32.2. The maximum atomic E-state index is 13.3. The summed E-state index contributed by atoms with van der Waals surface area (Å²) < 4.78 is 33.4. The minimum Gasteiger partial charge on any atom is -0.484 e. The number of rotatable bonds is 6. The summed E-state index contributed by atoms with van der Waals surface area (Å²) in [7, 11) is -1.33. The largest absolute Gasteiger partial charge is 0.484 e. The van der Waals surface area contributed by atoms with Crippen molar-refractivity contribution in [3.8, 4) is 5.75 Å². The van der Waals surface area contributed by atoms with E-state index in [9.17, 15) is 13.2 Å². The number of nitrogens with one attached hydrogen (secondary N) is 2. The molecular formula is C34H42N6O4S. The summed E-state index contributed by atoms with van der Waals surface area (Å²) >= 11 is 0. The molecule has 238 valence electrons. The Balaban J connectivity index is 1.20. The predicted molar refractivity (Wildman–Crippen MR) is 174 cm³/mol. The van der Waals surface area contributed by atoms with Crippen LogP contribution in [0.15, 0.2) is 65.7 Å². The number of nitrogens with zero attached hydrogens (tertiary/aromatic N) is 4. The first-order valence-electron chi connectivity index (χ1n) is 15.5. The summed E-state index contributed by atoms with van der Waals surface area (Å²) in [5.74, 6) is 1.65. The molecule has 0 spiro atoms. The lowest BCUT2D eigenvalue weighted by Gasteiger charge is -2.32. The average molecular weight is 631 g/mol. The van der Waals surface area contributed by atoms with Crippen LogP contribution < -0.4 is 15.4 Å². The van der Waals surface area contributed by atoms with Crippen LogP contribution in [0, 0.1) is 0 Å². The number of benzene rings is 2. The second kappa shape index (κ2) is 11.4. The van der Waals surface area contributed by atoms with Crippen LogP contribution in [-0.2, 0) is 20.8 Å². The van der Waals surface area contributed by atoms with Gasteiger partial charge in [-0.2, -0.15) is 0 Å². The molecule has 0 radical (unpaired) electrons. The number of aromatic nitrogens is 3. The Labute approximate surface area is 265 Å². The van der Waals surface area contributed by atoms with Gasteiger partial charge in [0.05, 0.1) is 22.7 Å². The van der Waals surface area contributed by atoms with Gasteiger partial charge in [0.2, 0.25) is 0 Å². The minimum atomic E-state index is -3.46. The highest BCUT2D eigenvalue weighted by Crippen LogP contribution is 2.40. The van der Waals surface area contributed by atoms with Crippen molar-refractivity contribution in [1.29, 1.82) is 0 Å². The fourth-order valence-corrected chi connectivity index (χ4v) is 7.20. The lowest BCUT2D eigenvalue weighted by Crippen LogP contribution is -2.37. The molecule has 0 saturated carbocycles. The smallest absolute Gasteiger partial charge is 0.319 e. The van der Waals surface area contributed by atoms with Gasteiger partial charge in [0.25, 0.3) is 0 Å². The monoisotopic (exact) mass is 630 g/mol. The van der Waals surface area contributed by atoms with Crippen LogP contribution in [0.5, 0.6) is 5.75 Å². The molecule has 0 bridgehead atoms. The molecule has 6 rings (SSSR count). The molecule has 2 amide bonds. The molecule has 2 aromatic heterocycles. The first kappa shape index (κ1) is 31.0. The van der Waals surface area contributed by atoms with E-state index in [2.05, 4.69) is 39.7 Å². The average Bonchev–Trinajstić information content (AvgIpc) is 3.56. The van der Waals surface area contributed by atoms with Crippen LogP contribution >= 0.6 is 0 Å². The quantitative estimate of drug-likeness (QED) is 0.263. The molecule has 45 heavy (non-hydrogen) atoms. The van der Waals surface area contributed by atoms with Crippen LogP contribution in [0.25, 0.3) is 5.65 Å². The predicted octanol–water partition coefficient (Wildman–Crippen LogP) is 6.15. The van der Waals surface area contributed by atoms with E-state index in [0.29, 0.717) is 18.5 Å². The van der Waals surface area contributed by atoms with Crippen molar-refractivity contribution < 1.29 is 17.9 Å². The lowest BCUT2D eigenvalue weighted by molar-refractivity contribution is 0.170. The molecule has 1 fully saturated rings. The summed E-state index contributed by atoms with van der Waals surface area (Å²) in [6, 6.07) is 16.3. The summed E-state index contributed by atoms with van der Waals surface area (Å²) in [5, 5.41) is 15.0. The molecule has 1 saturated heterocycles. The molecule has 10 nitrogen and oxygen atoms in total. The van der Waals surface area contributed by atoms with Crippen LogP contribution in [-0.4, -0.2) is 53.8 Å². The van der Waals surface area contributed by atoms with Gasteiger partial charge in [-0.25, -0.2) is 13.2 Å². The Morgan fingerprint density at radius 2 is 1.80 bits per heavy atom. The Kier molecular flexibility index (Phi) is 7.89. The Hall–Kier alpha value is -3.96. The van der Waals surface area contributed by atoms with Crippen molar-refractivity contribution in [2.24, 2.45) is 0 Å². The number of sulfone groups is 1. The number of hydrogen-bond donors (Lipinski definition) is 2. The second-order valence-corrected chi connectivity index (χ2v) is 15.7.